The highest BCUT2D eigenvalue weighted by Gasteiger charge is 2.29. The van der Waals surface area contributed by atoms with Crippen molar-refractivity contribution >= 4 is 29.1 Å². The van der Waals surface area contributed by atoms with E-state index in [1.807, 2.05) is 0 Å². The average molecular weight is 347 g/mol. The van der Waals surface area contributed by atoms with E-state index in [4.69, 9.17) is 14.2 Å². The summed E-state index contributed by atoms with van der Waals surface area (Å²) < 4.78 is 15.7. The fourth-order valence-electron chi connectivity index (χ4n) is 2.00. The van der Waals surface area contributed by atoms with E-state index >= 15 is 0 Å². The van der Waals surface area contributed by atoms with Gasteiger partial charge in [-0.3, -0.25) is 14.9 Å². The molecule has 1 atom stereocenters. The number of imide groups is 1. The molecule has 2 aromatic rings. The third-order valence-corrected chi connectivity index (χ3v) is 3.98. The van der Waals surface area contributed by atoms with Gasteiger partial charge in [-0.2, -0.15) is 0 Å². The highest BCUT2D eigenvalue weighted by molar-refractivity contribution is 7.12. The first-order valence-electron chi connectivity index (χ1n) is 7.06. The van der Waals surface area contributed by atoms with Crippen LogP contribution in [0, 0.1) is 0 Å². The predicted octanol–water partition coefficient (Wildman–Crippen LogP) is 1.39. The van der Waals surface area contributed by atoms with Crippen LogP contribution < -0.4 is 14.8 Å². The van der Waals surface area contributed by atoms with Crippen molar-refractivity contribution in [1.82, 2.24) is 5.32 Å². The zero-order chi connectivity index (χ0) is 16.9. The summed E-state index contributed by atoms with van der Waals surface area (Å²) in [6.45, 7) is -0.580. The SMILES string of the molecule is O=C(COC(=O)C1COc2ccccc2O1)NC(=O)c1cccs1. The van der Waals surface area contributed by atoms with Crippen LogP contribution in [0.15, 0.2) is 41.8 Å². The standard InChI is InChI=1S/C16H13NO6S/c18-14(17-15(19)13-6-3-7-24-13)9-22-16(20)12-8-21-10-4-1-2-5-11(10)23-12/h1-7,12H,8-9H2,(H,17,18,19). The molecule has 124 valence electrons. The van der Waals surface area contributed by atoms with Crippen molar-refractivity contribution in [3.63, 3.8) is 0 Å². The molecule has 1 aliphatic rings. The number of esters is 1. The fourth-order valence-corrected chi connectivity index (χ4v) is 2.62. The van der Waals surface area contributed by atoms with Crippen molar-refractivity contribution in [2.75, 3.05) is 13.2 Å². The number of rotatable bonds is 4. The molecule has 0 bridgehead atoms. The largest absolute Gasteiger partial charge is 0.485 e. The maximum Gasteiger partial charge on any atom is 0.351 e. The average Bonchev–Trinajstić information content (AvgIpc) is 3.14. The molecule has 24 heavy (non-hydrogen) atoms. The highest BCUT2D eigenvalue weighted by Crippen LogP contribution is 2.31. The molecule has 3 rings (SSSR count). The van der Waals surface area contributed by atoms with Crippen LogP contribution >= 0.6 is 11.3 Å². The van der Waals surface area contributed by atoms with Crippen molar-refractivity contribution in [2.45, 2.75) is 6.10 Å². The lowest BCUT2D eigenvalue weighted by atomic mass is 10.2. The second-order valence-corrected chi connectivity index (χ2v) is 5.77. The molecule has 8 heteroatoms. The summed E-state index contributed by atoms with van der Waals surface area (Å²) in [6, 6.07) is 10.2. The number of fused-ring (bicyclic) bond motifs is 1. The van der Waals surface area contributed by atoms with Gasteiger partial charge in [0, 0.05) is 0 Å². The normalized spacial score (nSPS) is 15.4. The Morgan fingerprint density at radius 3 is 2.71 bits per heavy atom. The molecule has 7 nitrogen and oxygen atoms in total. The molecule has 1 aromatic carbocycles. The zero-order valence-electron chi connectivity index (χ0n) is 12.4. The van der Waals surface area contributed by atoms with E-state index in [-0.39, 0.29) is 6.61 Å². The van der Waals surface area contributed by atoms with Crippen LogP contribution in [0.5, 0.6) is 11.5 Å². The number of carbonyl (C=O) groups excluding carboxylic acids is 3. The minimum absolute atomic E-state index is 0.00834. The quantitative estimate of drug-likeness (QED) is 0.841. The number of hydrogen-bond donors (Lipinski definition) is 1. The molecule has 0 spiro atoms. The summed E-state index contributed by atoms with van der Waals surface area (Å²) >= 11 is 1.21. The number of ether oxygens (including phenoxy) is 3. The summed E-state index contributed by atoms with van der Waals surface area (Å²) in [5, 5.41) is 3.86. The summed E-state index contributed by atoms with van der Waals surface area (Å²) in [6.07, 6.45) is -0.958. The van der Waals surface area contributed by atoms with Crippen molar-refractivity contribution in [1.29, 1.82) is 0 Å². The topological polar surface area (TPSA) is 90.9 Å². The Balaban J connectivity index is 1.47. The summed E-state index contributed by atoms with van der Waals surface area (Å²) in [5.74, 6) is -0.997. The van der Waals surface area contributed by atoms with Gasteiger partial charge in [-0.15, -0.1) is 11.3 Å². The van der Waals surface area contributed by atoms with Crippen molar-refractivity contribution in [3.05, 3.63) is 46.7 Å². The van der Waals surface area contributed by atoms with Gasteiger partial charge in [0.25, 0.3) is 11.8 Å². The molecule has 0 radical (unpaired) electrons. The Morgan fingerprint density at radius 1 is 1.17 bits per heavy atom. The first-order chi connectivity index (χ1) is 11.6. The van der Waals surface area contributed by atoms with E-state index in [1.54, 1.807) is 41.8 Å². The van der Waals surface area contributed by atoms with Gasteiger partial charge in [0.2, 0.25) is 6.10 Å². The van der Waals surface area contributed by atoms with Crippen LogP contribution in [-0.4, -0.2) is 37.1 Å². The summed E-state index contributed by atoms with van der Waals surface area (Å²) in [5.41, 5.74) is 0. The Bertz CT molecular complexity index is 758. The Morgan fingerprint density at radius 2 is 1.96 bits per heavy atom. The van der Waals surface area contributed by atoms with E-state index in [0.717, 1.165) is 0 Å². The maximum absolute atomic E-state index is 11.9. The number of hydrogen-bond acceptors (Lipinski definition) is 7. The zero-order valence-corrected chi connectivity index (χ0v) is 13.2. The molecule has 1 unspecified atom stereocenters. The minimum Gasteiger partial charge on any atom is -0.485 e. The molecule has 0 saturated heterocycles. The van der Waals surface area contributed by atoms with Gasteiger partial charge >= 0.3 is 5.97 Å². The number of benzene rings is 1. The van der Waals surface area contributed by atoms with Crippen LogP contribution in [0.3, 0.4) is 0 Å². The number of para-hydroxylation sites is 2. The molecule has 0 saturated carbocycles. The molecule has 0 fully saturated rings. The van der Waals surface area contributed by atoms with Crippen LogP contribution in [0.2, 0.25) is 0 Å². The van der Waals surface area contributed by atoms with Gasteiger partial charge in [-0.25, -0.2) is 4.79 Å². The smallest absolute Gasteiger partial charge is 0.351 e. The lowest BCUT2D eigenvalue weighted by Gasteiger charge is -2.24. The lowest BCUT2D eigenvalue weighted by Crippen LogP contribution is -2.40. The van der Waals surface area contributed by atoms with Gasteiger partial charge in [0.1, 0.15) is 6.61 Å². The minimum atomic E-state index is -0.958. The van der Waals surface area contributed by atoms with Gasteiger partial charge in [-0.1, -0.05) is 18.2 Å². The van der Waals surface area contributed by atoms with E-state index in [2.05, 4.69) is 5.32 Å². The van der Waals surface area contributed by atoms with Crippen LogP contribution in [0.25, 0.3) is 0 Å². The first kappa shape index (κ1) is 16.0. The van der Waals surface area contributed by atoms with E-state index in [0.29, 0.717) is 16.4 Å². The summed E-state index contributed by atoms with van der Waals surface area (Å²) in [7, 11) is 0. The van der Waals surface area contributed by atoms with Gasteiger partial charge in [0.05, 0.1) is 4.88 Å². The number of amides is 2. The van der Waals surface area contributed by atoms with Crippen molar-refractivity contribution in [2.24, 2.45) is 0 Å². The van der Waals surface area contributed by atoms with Crippen molar-refractivity contribution < 1.29 is 28.6 Å². The van der Waals surface area contributed by atoms with E-state index in [9.17, 15) is 14.4 Å². The molecule has 0 aliphatic carbocycles. The van der Waals surface area contributed by atoms with E-state index < -0.39 is 30.5 Å². The molecule has 1 aliphatic heterocycles. The Hall–Kier alpha value is -2.87. The first-order valence-corrected chi connectivity index (χ1v) is 7.94. The maximum atomic E-state index is 11.9. The Labute approximate surface area is 141 Å². The molecule has 1 aromatic heterocycles. The second kappa shape index (κ2) is 7.14. The lowest BCUT2D eigenvalue weighted by molar-refractivity contribution is -0.157. The second-order valence-electron chi connectivity index (χ2n) is 4.83. The molecule has 1 N–H and O–H groups in total. The van der Waals surface area contributed by atoms with Gasteiger partial charge < -0.3 is 14.2 Å². The summed E-state index contributed by atoms with van der Waals surface area (Å²) in [4.78, 5) is 35.7. The number of carbonyl (C=O) groups is 3. The molecule has 2 amide bonds. The van der Waals surface area contributed by atoms with Crippen molar-refractivity contribution in [3.8, 4) is 11.5 Å². The Kier molecular flexibility index (Phi) is 4.76. The molecular formula is C16H13NO6S. The third kappa shape index (κ3) is 3.72. The number of thiophene rings is 1. The fraction of sp³-hybridized carbons (Fsp3) is 0.188. The van der Waals surface area contributed by atoms with Gasteiger partial charge in [-0.05, 0) is 23.6 Å². The third-order valence-electron chi connectivity index (χ3n) is 3.11. The monoisotopic (exact) mass is 347 g/mol. The molecular weight excluding hydrogens is 334 g/mol. The van der Waals surface area contributed by atoms with Crippen LogP contribution in [-0.2, 0) is 14.3 Å². The number of nitrogens with one attached hydrogen (secondary N) is 1. The van der Waals surface area contributed by atoms with E-state index in [1.165, 1.54) is 11.3 Å². The molecule has 2 heterocycles. The highest BCUT2D eigenvalue weighted by atomic mass is 32.1. The van der Waals surface area contributed by atoms with Crippen LogP contribution in [0.4, 0.5) is 0 Å². The predicted molar refractivity (Wildman–Crippen MR) is 84.1 cm³/mol. The van der Waals surface area contributed by atoms with Crippen LogP contribution in [0.1, 0.15) is 9.67 Å². The van der Waals surface area contributed by atoms with Gasteiger partial charge in [0.15, 0.2) is 18.1 Å².